The molecule has 12 heavy (non-hydrogen) atoms. The maximum Gasteiger partial charge on any atom is 0.0959 e. The highest BCUT2D eigenvalue weighted by Crippen LogP contribution is 2.06. The monoisotopic (exact) mass is 170 g/mol. The van der Waals surface area contributed by atoms with Crippen molar-refractivity contribution in [2.45, 2.75) is 32.8 Å². The molecule has 0 bridgehead atoms. The number of ether oxygens (including phenoxy) is 1. The molecule has 0 aromatic heterocycles. The van der Waals surface area contributed by atoms with Crippen LogP contribution in [0, 0.1) is 5.41 Å². The van der Waals surface area contributed by atoms with Crippen molar-refractivity contribution >= 4 is 5.84 Å². The molecule has 0 spiro atoms. The molecule has 70 valence electrons. The summed E-state index contributed by atoms with van der Waals surface area (Å²) in [6, 6.07) is 0. The van der Waals surface area contributed by atoms with Crippen LogP contribution in [0.3, 0.4) is 0 Å². The van der Waals surface area contributed by atoms with Gasteiger partial charge >= 0.3 is 0 Å². The fraction of sp³-hybridized carbons (Fsp3) is 0.889. The Morgan fingerprint density at radius 2 is 2.42 bits per heavy atom. The third-order valence-electron chi connectivity index (χ3n) is 2.11. The number of amidine groups is 1. The van der Waals surface area contributed by atoms with Gasteiger partial charge in [-0.25, -0.2) is 0 Å². The van der Waals surface area contributed by atoms with Gasteiger partial charge in [-0.2, -0.15) is 0 Å². The third-order valence-corrected chi connectivity index (χ3v) is 2.11. The molecule has 1 N–H and O–H groups in total. The fourth-order valence-electron chi connectivity index (χ4n) is 1.46. The van der Waals surface area contributed by atoms with Gasteiger partial charge in [0, 0.05) is 19.5 Å². The second-order valence-electron chi connectivity index (χ2n) is 3.32. The average Bonchev–Trinajstić information content (AvgIpc) is 2.05. The smallest absolute Gasteiger partial charge is 0.0959 e. The largest absolute Gasteiger partial charge is 0.375 e. The Morgan fingerprint density at radius 3 is 3.00 bits per heavy atom. The summed E-state index contributed by atoms with van der Waals surface area (Å²) in [6.45, 7) is 6.72. The maximum atomic E-state index is 7.74. The predicted octanol–water partition coefficient (Wildman–Crippen LogP) is 1.48. The van der Waals surface area contributed by atoms with Crippen LogP contribution in [0.1, 0.15) is 26.7 Å². The predicted molar refractivity (Wildman–Crippen MR) is 49.6 cm³/mol. The van der Waals surface area contributed by atoms with Crippen LogP contribution in [-0.4, -0.2) is 36.5 Å². The molecule has 1 fully saturated rings. The van der Waals surface area contributed by atoms with Crippen molar-refractivity contribution in [2.24, 2.45) is 0 Å². The molecule has 0 radical (unpaired) electrons. The van der Waals surface area contributed by atoms with E-state index in [1.165, 1.54) is 0 Å². The van der Waals surface area contributed by atoms with Crippen molar-refractivity contribution in [1.29, 1.82) is 5.41 Å². The molecule has 0 aliphatic carbocycles. The van der Waals surface area contributed by atoms with Crippen molar-refractivity contribution in [1.82, 2.24) is 4.90 Å². The van der Waals surface area contributed by atoms with Crippen molar-refractivity contribution in [3.05, 3.63) is 0 Å². The van der Waals surface area contributed by atoms with E-state index in [0.717, 1.165) is 38.4 Å². The molecule has 1 unspecified atom stereocenters. The van der Waals surface area contributed by atoms with E-state index < -0.39 is 0 Å². The normalized spacial score (nSPS) is 24.2. The highest BCUT2D eigenvalue weighted by Gasteiger charge is 2.17. The van der Waals surface area contributed by atoms with Crippen molar-refractivity contribution in [3.63, 3.8) is 0 Å². The summed E-state index contributed by atoms with van der Waals surface area (Å²) >= 11 is 0. The molecule has 3 nitrogen and oxygen atoms in total. The van der Waals surface area contributed by atoms with Gasteiger partial charge in [-0.15, -0.1) is 0 Å². The molecule has 0 saturated carbocycles. The number of rotatable bonds is 2. The minimum Gasteiger partial charge on any atom is -0.375 e. The van der Waals surface area contributed by atoms with Gasteiger partial charge in [0.1, 0.15) is 0 Å². The van der Waals surface area contributed by atoms with Crippen molar-refractivity contribution < 1.29 is 4.74 Å². The van der Waals surface area contributed by atoms with Crippen LogP contribution in [0.25, 0.3) is 0 Å². The minimum absolute atomic E-state index is 0.288. The van der Waals surface area contributed by atoms with Crippen molar-refractivity contribution in [3.8, 4) is 0 Å². The van der Waals surface area contributed by atoms with Gasteiger partial charge in [0.05, 0.1) is 18.5 Å². The van der Waals surface area contributed by atoms with E-state index in [4.69, 9.17) is 10.1 Å². The molecule has 1 saturated heterocycles. The highest BCUT2D eigenvalue weighted by molar-refractivity contribution is 5.79. The summed E-state index contributed by atoms with van der Waals surface area (Å²) in [4.78, 5) is 2.12. The van der Waals surface area contributed by atoms with Crippen LogP contribution in [0.4, 0.5) is 0 Å². The van der Waals surface area contributed by atoms with Crippen molar-refractivity contribution in [2.75, 3.05) is 19.7 Å². The molecule has 1 heterocycles. The Labute approximate surface area is 74.2 Å². The highest BCUT2D eigenvalue weighted by atomic mass is 16.5. The number of hydrogen-bond donors (Lipinski definition) is 1. The summed E-state index contributed by atoms with van der Waals surface area (Å²) in [7, 11) is 0. The Morgan fingerprint density at radius 1 is 1.67 bits per heavy atom. The first-order chi connectivity index (χ1) is 5.74. The van der Waals surface area contributed by atoms with E-state index in [0.29, 0.717) is 0 Å². The summed E-state index contributed by atoms with van der Waals surface area (Å²) in [5.74, 6) is 0.771. The molecule has 0 aromatic carbocycles. The topological polar surface area (TPSA) is 36.3 Å². The van der Waals surface area contributed by atoms with E-state index in [9.17, 15) is 0 Å². The van der Waals surface area contributed by atoms with E-state index in [-0.39, 0.29) is 6.10 Å². The van der Waals surface area contributed by atoms with Gasteiger partial charge < -0.3 is 9.64 Å². The first-order valence-electron chi connectivity index (χ1n) is 4.68. The fourth-order valence-corrected chi connectivity index (χ4v) is 1.46. The van der Waals surface area contributed by atoms with Crippen LogP contribution in [0.5, 0.6) is 0 Å². The molecule has 1 aliphatic rings. The van der Waals surface area contributed by atoms with Gasteiger partial charge in [-0.05, 0) is 13.3 Å². The summed E-state index contributed by atoms with van der Waals surface area (Å²) in [6.07, 6.45) is 2.24. The molecule has 3 heteroatoms. The number of hydrogen-bond acceptors (Lipinski definition) is 2. The SMILES string of the molecule is CCCC(=N)N1CCOC(C)C1. The lowest BCUT2D eigenvalue weighted by Crippen LogP contribution is -2.44. The Balaban J connectivity index is 2.35. The zero-order valence-electron chi connectivity index (χ0n) is 7.97. The molecule has 1 rings (SSSR count). The van der Waals surface area contributed by atoms with Crippen LogP contribution in [-0.2, 0) is 4.74 Å². The van der Waals surface area contributed by atoms with Gasteiger partial charge in [0.15, 0.2) is 0 Å². The van der Waals surface area contributed by atoms with E-state index >= 15 is 0 Å². The van der Waals surface area contributed by atoms with E-state index in [2.05, 4.69) is 18.7 Å². The molecule has 1 atom stereocenters. The zero-order valence-corrected chi connectivity index (χ0v) is 7.97. The minimum atomic E-state index is 0.288. The molecule has 0 amide bonds. The molecular formula is C9H18N2O. The first kappa shape index (κ1) is 9.52. The molecule has 0 aromatic rings. The second-order valence-corrected chi connectivity index (χ2v) is 3.32. The lowest BCUT2D eigenvalue weighted by molar-refractivity contribution is 0.00485. The second kappa shape index (κ2) is 4.45. The molecular weight excluding hydrogens is 152 g/mol. The van der Waals surface area contributed by atoms with Crippen LogP contribution in [0.15, 0.2) is 0 Å². The third kappa shape index (κ3) is 2.48. The Hall–Kier alpha value is -0.570. The summed E-state index contributed by atoms with van der Waals surface area (Å²) < 4.78 is 5.40. The zero-order chi connectivity index (χ0) is 8.97. The number of morpholine rings is 1. The quantitative estimate of drug-likeness (QED) is 0.503. The lowest BCUT2D eigenvalue weighted by Gasteiger charge is -2.32. The maximum absolute atomic E-state index is 7.74. The number of nitrogens with zero attached hydrogens (tertiary/aromatic N) is 1. The van der Waals surface area contributed by atoms with Gasteiger partial charge in [0.2, 0.25) is 0 Å². The Bertz CT molecular complexity index is 159. The number of nitrogens with one attached hydrogen (secondary N) is 1. The average molecular weight is 170 g/mol. The Kier molecular flexibility index (Phi) is 3.53. The van der Waals surface area contributed by atoms with E-state index in [1.807, 2.05) is 0 Å². The summed E-state index contributed by atoms with van der Waals surface area (Å²) in [5, 5.41) is 7.74. The first-order valence-corrected chi connectivity index (χ1v) is 4.68. The molecule has 1 aliphatic heterocycles. The van der Waals surface area contributed by atoms with Gasteiger partial charge in [-0.3, -0.25) is 5.41 Å². The van der Waals surface area contributed by atoms with Crippen LogP contribution >= 0.6 is 0 Å². The standard InChI is InChI=1S/C9H18N2O/c1-3-4-9(10)11-5-6-12-8(2)7-11/h8,10H,3-7H2,1-2H3. The van der Waals surface area contributed by atoms with Gasteiger partial charge in [0.25, 0.3) is 0 Å². The van der Waals surface area contributed by atoms with E-state index in [1.54, 1.807) is 0 Å². The summed E-state index contributed by atoms with van der Waals surface area (Å²) in [5.41, 5.74) is 0. The van der Waals surface area contributed by atoms with Gasteiger partial charge in [-0.1, -0.05) is 6.92 Å². The van der Waals surface area contributed by atoms with Crippen LogP contribution < -0.4 is 0 Å². The lowest BCUT2D eigenvalue weighted by atomic mass is 10.2. The van der Waals surface area contributed by atoms with Crippen LogP contribution in [0.2, 0.25) is 0 Å².